The number of thiophene rings is 1. The topological polar surface area (TPSA) is 109 Å². The van der Waals surface area contributed by atoms with Gasteiger partial charge in [0.15, 0.2) is 5.69 Å². The zero-order valence-corrected chi connectivity index (χ0v) is 15.8. The van der Waals surface area contributed by atoms with Crippen LogP contribution in [-0.4, -0.2) is 62.2 Å². The minimum absolute atomic E-state index is 0.104. The lowest BCUT2D eigenvalue weighted by Gasteiger charge is -2.33. The van der Waals surface area contributed by atoms with Crippen molar-refractivity contribution in [3.8, 4) is 0 Å². The number of nitrogens with one attached hydrogen (secondary N) is 1. The van der Waals surface area contributed by atoms with E-state index in [1.807, 2.05) is 0 Å². The highest BCUT2D eigenvalue weighted by atomic mass is 32.1. The first-order valence-electron chi connectivity index (χ1n) is 8.92. The van der Waals surface area contributed by atoms with Crippen LogP contribution in [0, 0.1) is 6.92 Å². The Balaban J connectivity index is 1.53. The number of rotatable bonds is 5. The second kappa shape index (κ2) is 7.57. The molecular weight excluding hydrogens is 366 g/mol. The summed E-state index contributed by atoms with van der Waals surface area (Å²) < 4.78 is 2.87. The van der Waals surface area contributed by atoms with Gasteiger partial charge in [0.25, 0.3) is 5.91 Å². The first-order valence-corrected chi connectivity index (χ1v) is 9.80. The molecule has 4 rings (SSSR count). The fraction of sp³-hybridized carbons (Fsp3) is 0.471. The molecule has 3 aromatic heterocycles. The van der Waals surface area contributed by atoms with Gasteiger partial charge in [-0.25, -0.2) is 14.6 Å². The van der Waals surface area contributed by atoms with Crippen LogP contribution in [0.2, 0.25) is 0 Å². The van der Waals surface area contributed by atoms with E-state index in [4.69, 9.17) is 5.11 Å². The molecule has 1 atom stereocenters. The van der Waals surface area contributed by atoms with Crippen molar-refractivity contribution >= 4 is 33.3 Å². The van der Waals surface area contributed by atoms with Gasteiger partial charge < -0.3 is 15.3 Å². The summed E-state index contributed by atoms with van der Waals surface area (Å²) in [6.45, 7) is 3.84. The molecule has 142 valence electrons. The second-order valence-corrected chi connectivity index (χ2v) is 7.48. The fourth-order valence-electron chi connectivity index (χ4n) is 3.36. The van der Waals surface area contributed by atoms with Crippen molar-refractivity contribution in [3.63, 3.8) is 0 Å². The molecule has 0 radical (unpaired) electrons. The molecule has 0 aliphatic carbocycles. The first-order chi connectivity index (χ1) is 13.2. The number of piperidine rings is 1. The summed E-state index contributed by atoms with van der Waals surface area (Å²) in [5, 5.41) is 21.6. The van der Waals surface area contributed by atoms with E-state index in [9.17, 15) is 4.79 Å². The average molecular weight is 387 g/mol. The summed E-state index contributed by atoms with van der Waals surface area (Å²) in [5.41, 5.74) is 2.44. The van der Waals surface area contributed by atoms with Crippen LogP contribution in [0.3, 0.4) is 0 Å². The number of anilines is 1. The van der Waals surface area contributed by atoms with Crippen LogP contribution in [0.4, 0.5) is 5.82 Å². The monoisotopic (exact) mass is 387 g/mol. The van der Waals surface area contributed by atoms with Crippen molar-refractivity contribution < 1.29 is 9.90 Å². The zero-order valence-electron chi connectivity index (χ0n) is 15.0. The molecule has 1 fully saturated rings. The van der Waals surface area contributed by atoms with Crippen LogP contribution in [0.5, 0.6) is 0 Å². The molecule has 1 aliphatic rings. The van der Waals surface area contributed by atoms with Gasteiger partial charge in [0.1, 0.15) is 12.1 Å². The normalized spacial score (nSPS) is 17.4. The predicted octanol–water partition coefficient (Wildman–Crippen LogP) is 1.15. The number of aliphatic hydroxyl groups excluding tert-OH is 1. The third-order valence-corrected chi connectivity index (χ3v) is 5.81. The van der Waals surface area contributed by atoms with Crippen molar-refractivity contribution in [1.29, 1.82) is 0 Å². The van der Waals surface area contributed by atoms with E-state index in [0.29, 0.717) is 0 Å². The molecular formula is C17H21N7O2S. The second-order valence-electron chi connectivity index (χ2n) is 6.60. The van der Waals surface area contributed by atoms with Crippen LogP contribution in [-0.2, 0) is 0 Å². The number of hydrogen-bond donors (Lipinski definition) is 2. The first kappa shape index (κ1) is 17.8. The van der Waals surface area contributed by atoms with Gasteiger partial charge in [-0.1, -0.05) is 5.21 Å². The SMILES string of the molecule is Cc1csc2c(N3CCC[C@@H](n4cc(C(=O)NCCO)nn4)C3)ncnc12. The van der Waals surface area contributed by atoms with Gasteiger partial charge in [-0.05, 0) is 30.7 Å². The summed E-state index contributed by atoms with van der Waals surface area (Å²) in [5.74, 6) is 0.637. The maximum Gasteiger partial charge on any atom is 0.273 e. The van der Waals surface area contributed by atoms with E-state index in [0.717, 1.165) is 42.0 Å². The molecule has 3 aromatic rings. The summed E-state index contributed by atoms with van der Waals surface area (Å²) in [4.78, 5) is 23.2. The molecule has 0 aromatic carbocycles. The number of amides is 1. The third-order valence-electron chi connectivity index (χ3n) is 4.72. The molecule has 1 aliphatic heterocycles. The Bertz CT molecular complexity index is 954. The van der Waals surface area contributed by atoms with Gasteiger partial charge in [-0.15, -0.1) is 16.4 Å². The molecule has 0 spiro atoms. The van der Waals surface area contributed by atoms with Gasteiger partial charge in [0.2, 0.25) is 0 Å². The molecule has 0 bridgehead atoms. The number of aliphatic hydroxyl groups is 1. The lowest BCUT2D eigenvalue weighted by Crippen LogP contribution is -2.37. The Morgan fingerprint density at radius 3 is 3.19 bits per heavy atom. The van der Waals surface area contributed by atoms with Gasteiger partial charge in [-0.2, -0.15) is 0 Å². The largest absolute Gasteiger partial charge is 0.395 e. The summed E-state index contributed by atoms with van der Waals surface area (Å²) >= 11 is 1.67. The summed E-state index contributed by atoms with van der Waals surface area (Å²) in [6, 6.07) is 0.122. The van der Waals surface area contributed by atoms with Crippen LogP contribution >= 0.6 is 11.3 Å². The van der Waals surface area contributed by atoms with Crippen molar-refractivity contribution in [3.05, 3.63) is 29.2 Å². The van der Waals surface area contributed by atoms with E-state index >= 15 is 0 Å². The number of hydrogen-bond acceptors (Lipinski definition) is 8. The summed E-state index contributed by atoms with van der Waals surface area (Å²) in [7, 11) is 0. The molecule has 1 saturated heterocycles. The highest BCUT2D eigenvalue weighted by Crippen LogP contribution is 2.33. The Morgan fingerprint density at radius 1 is 1.44 bits per heavy atom. The molecule has 9 nitrogen and oxygen atoms in total. The quantitative estimate of drug-likeness (QED) is 0.676. The molecule has 4 heterocycles. The third kappa shape index (κ3) is 3.50. The van der Waals surface area contributed by atoms with Crippen LogP contribution in [0.25, 0.3) is 10.2 Å². The van der Waals surface area contributed by atoms with Crippen LogP contribution in [0.1, 0.15) is 34.9 Å². The molecule has 27 heavy (non-hydrogen) atoms. The van der Waals surface area contributed by atoms with Crippen LogP contribution < -0.4 is 10.2 Å². The van der Waals surface area contributed by atoms with E-state index in [1.54, 1.807) is 28.5 Å². The Kier molecular flexibility index (Phi) is 4.99. The van der Waals surface area contributed by atoms with Gasteiger partial charge >= 0.3 is 0 Å². The van der Waals surface area contributed by atoms with E-state index < -0.39 is 0 Å². The lowest BCUT2D eigenvalue weighted by atomic mass is 10.1. The highest BCUT2D eigenvalue weighted by Gasteiger charge is 2.26. The fourth-order valence-corrected chi connectivity index (χ4v) is 4.38. The number of aryl methyl sites for hydroxylation is 1. The Hall–Kier alpha value is -2.59. The Morgan fingerprint density at radius 2 is 2.33 bits per heavy atom. The molecule has 10 heteroatoms. The zero-order chi connectivity index (χ0) is 18.8. The van der Waals surface area contributed by atoms with Gasteiger partial charge in [0, 0.05) is 19.6 Å². The van der Waals surface area contributed by atoms with Crippen molar-refractivity contribution in [1.82, 2.24) is 30.3 Å². The molecule has 0 saturated carbocycles. The standard InChI is InChI=1S/C17H21N7O2S/c1-11-9-27-15-14(11)19-10-20-16(15)23-5-2-3-12(7-23)24-8-13(21-22-24)17(26)18-4-6-25/h8-10,12,25H,2-7H2,1H3,(H,18,26)/t12-/m1/s1. The van der Waals surface area contributed by atoms with E-state index in [-0.39, 0.29) is 30.8 Å². The summed E-state index contributed by atoms with van der Waals surface area (Å²) in [6.07, 6.45) is 5.27. The lowest BCUT2D eigenvalue weighted by molar-refractivity contribution is 0.0939. The van der Waals surface area contributed by atoms with Crippen molar-refractivity contribution in [2.45, 2.75) is 25.8 Å². The maximum atomic E-state index is 12.0. The number of nitrogens with zero attached hydrogens (tertiary/aromatic N) is 6. The Labute approximate surface area is 160 Å². The number of carbonyl (C=O) groups is 1. The smallest absolute Gasteiger partial charge is 0.273 e. The minimum Gasteiger partial charge on any atom is -0.395 e. The van der Waals surface area contributed by atoms with Crippen molar-refractivity contribution in [2.75, 3.05) is 31.1 Å². The molecule has 0 unspecified atom stereocenters. The number of carbonyl (C=O) groups excluding carboxylic acids is 1. The molecule has 2 N–H and O–H groups in total. The predicted molar refractivity (Wildman–Crippen MR) is 102 cm³/mol. The number of aromatic nitrogens is 5. The van der Waals surface area contributed by atoms with Gasteiger partial charge in [-0.3, -0.25) is 4.79 Å². The number of fused-ring (bicyclic) bond motifs is 1. The van der Waals surface area contributed by atoms with Crippen LogP contribution in [0.15, 0.2) is 17.9 Å². The van der Waals surface area contributed by atoms with E-state index in [2.05, 4.69) is 42.8 Å². The average Bonchev–Trinajstić information content (AvgIpc) is 3.34. The molecule has 1 amide bonds. The maximum absolute atomic E-state index is 12.0. The van der Waals surface area contributed by atoms with Crippen molar-refractivity contribution in [2.24, 2.45) is 0 Å². The minimum atomic E-state index is -0.325. The highest BCUT2D eigenvalue weighted by molar-refractivity contribution is 7.18. The van der Waals surface area contributed by atoms with Gasteiger partial charge in [0.05, 0.1) is 29.1 Å². The van der Waals surface area contributed by atoms with E-state index in [1.165, 1.54) is 5.56 Å².